The minimum atomic E-state index is 0.00568. The topological polar surface area (TPSA) is 56.4 Å². The Balaban J connectivity index is 1.45. The van der Waals surface area contributed by atoms with Crippen molar-refractivity contribution < 1.29 is 9.59 Å². The summed E-state index contributed by atoms with van der Waals surface area (Å²) in [4.78, 5) is 32.5. The Morgan fingerprint density at radius 2 is 1.41 bits per heavy atom. The van der Waals surface area contributed by atoms with Gasteiger partial charge in [-0.1, -0.05) is 35.9 Å². The van der Waals surface area contributed by atoms with E-state index in [4.69, 9.17) is 0 Å². The molecular formula is C22H23N3O2. The summed E-state index contributed by atoms with van der Waals surface area (Å²) in [5.41, 5.74) is 4.44. The predicted octanol–water partition coefficient (Wildman–Crippen LogP) is 3.38. The first-order valence-electron chi connectivity index (χ1n) is 9.27. The third kappa shape index (κ3) is 3.21. The third-order valence-corrected chi connectivity index (χ3v) is 5.33. The van der Waals surface area contributed by atoms with E-state index >= 15 is 0 Å². The van der Waals surface area contributed by atoms with Crippen LogP contribution in [-0.4, -0.2) is 52.8 Å². The summed E-state index contributed by atoms with van der Waals surface area (Å²) in [7, 11) is 0. The first kappa shape index (κ1) is 17.3. The smallest absolute Gasteiger partial charge is 0.270 e. The van der Waals surface area contributed by atoms with E-state index in [-0.39, 0.29) is 11.8 Å². The lowest BCUT2D eigenvalue weighted by atomic mass is 10.1. The van der Waals surface area contributed by atoms with Crippen LogP contribution in [0.3, 0.4) is 0 Å². The van der Waals surface area contributed by atoms with E-state index in [9.17, 15) is 9.59 Å². The van der Waals surface area contributed by atoms with Crippen LogP contribution in [0.15, 0.2) is 48.5 Å². The molecule has 138 valence electrons. The van der Waals surface area contributed by atoms with Gasteiger partial charge in [0.1, 0.15) is 5.69 Å². The van der Waals surface area contributed by atoms with E-state index in [1.807, 2.05) is 72.2 Å². The molecule has 0 atom stereocenters. The summed E-state index contributed by atoms with van der Waals surface area (Å²) in [6.07, 6.45) is 0. The fourth-order valence-electron chi connectivity index (χ4n) is 3.65. The van der Waals surface area contributed by atoms with Gasteiger partial charge in [0, 0.05) is 42.6 Å². The Hall–Kier alpha value is -3.08. The maximum Gasteiger partial charge on any atom is 0.270 e. The first-order chi connectivity index (χ1) is 13.0. The molecule has 4 rings (SSSR count). The van der Waals surface area contributed by atoms with Gasteiger partial charge in [-0.25, -0.2) is 0 Å². The number of hydrogen-bond acceptors (Lipinski definition) is 2. The van der Waals surface area contributed by atoms with Crippen molar-refractivity contribution in [2.45, 2.75) is 13.8 Å². The number of piperazine rings is 1. The van der Waals surface area contributed by atoms with Gasteiger partial charge in [0.2, 0.25) is 0 Å². The van der Waals surface area contributed by atoms with E-state index in [1.165, 1.54) is 0 Å². The third-order valence-electron chi connectivity index (χ3n) is 5.33. The molecule has 27 heavy (non-hydrogen) atoms. The van der Waals surface area contributed by atoms with Gasteiger partial charge in [0.05, 0.1) is 0 Å². The van der Waals surface area contributed by atoms with Crippen molar-refractivity contribution in [2.75, 3.05) is 26.2 Å². The average molecular weight is 361 g/mol. The van der Waals surface area contributed by atoms with Crippen molar-refractivity contribution in [3.63, 3.8) is 0 Å². The van der Waals surface area contributed by atoms with Crippen molar-refractivity contribution in [2.24, 2.45) is 0 Å². The number of para-hydroxylation sites is 1. The van der Waals surface area contributed by atoms with Gasteiger partial charge in [-0.2, -0.15) is 0 Å². The molecule has 0 radical (unpaired) electrons. The van der Waals surface area contributed by atoms with Crippen molar-refractivity contribution in [1.82, 2.24) is 14.8 Å². The van der Waals surface area contributed by atoms with Crippen molar-refractivity contribution in [3.05, 3.63) is 70.9 Å². The molecule has 1 aliphatic heterocycles. The number of aryl methyl sites for hydroxylation is 2. The maximum atomic E-state index is 13.0. The number of carbonyl (C=O) groups excluding carboxylic acids is 2. The quantitative estimate of drug-likeness (QED) is 0.761. The maximum absolute atomic E-state index is 13.0. The fraction of sp³-hybridized carbons (Fsp3) is 0.273. The summed E-state index contributed by atoms with van der Waals surface area (Å²) in [5.74, 6) is 0.0371. The molecule has 2 heterocycles. The number of hydrogen-bond donors (Lipinski definition) is 1. The van der Waals surface area contributed by atoms with Crippen LogP contribution in [-0.2, 0) is 0 Å². The van der Waals surface area contributed by atoms with Gasteiger partial charge in [0.15, 0.2) is 0 Å². The van der Waals surface area contributed by atoms with Crippen LogP contribution in [0.25, 0.3) is 10.9 Å². The Kier molecular flexibility index (Phi) is 4.44. The molecule has 1 saturated heterocycles. The molecule has 1 fully saturated rings. The monoisotopic (exact) mass is 361 g/mol. The molecule has 1 aliphatic rings. The average Bonchev–Trinajstić information content (AvgIpc) is 3.04. The number of carbonyl (C=O) groups is 2. The number of rotatable bonds is 2. The van der Waals surface area contributed by atoms with Gasteiger partial charge in [-0.3, -0.25) is 9.59 Å². The largest absolute Gasteiger partial charge is 0.350 e. The number of H-pyrrole nitrogens is 1. The van der Waals surface area contributed by atoms with Crippen molar-refractivity contribution >= 4 is 22.7 Å². The van der Waals surface area contributed by atoms with E-state index < -0.39 is 0 Å². The highest BCUT2D eigenvalue weighted by Crippen LogP contribution is 2.23. The molecular weight excluding hydrogens is 338 g/mol. The van der Waals surface area contributed by atoms with Crippen LogP contribution in [0.4, 0.5) is 0 Å². The number of aromatic nitrogens is 1. The number of fused-ring (bicyclic) bond motifs is 1. The highest BCUT2D eigenvalue weighted by molar-refractivity contribution is 6.01. The van der Waals surface area contributed by atoms with Gasteiger partial charge in [-0.15, -0.1) is 0 Å². The molecule has 3 aromatic rings. The Morgan fingerprint density at radius 1 is 0.815 bits per heavy atom. The Labute approximate surface area is 158 Å². The Bertz CT molecular complexity index is 996. The second-order valence-electron chi connectivity index (χ2n) is 7.12. The lowest BCUT2D eigenvalue weighted by molar-refractivity contribution is 0.0532. The summed E-state index contributed by atoms with van der Waals surface area (Å²) in [6.45, 7) is 6.18. The standard InChI is InChI=1S/C22H23N3O2/c1-15-7-9-17(10-8-15)21(26)24-11-13-25(14-12-24)22(27)20-16(2)18-5-3-4-6-19(18)23-20/h3-10,23H,11-14H2,1-2H3. The molecule has 0 aliphatic carbocycles. The first-order valence-corrected chi connectivity index (χ1v) is 9.27. The summed E-state index contributed by atoms with van der Waals surface area (Å²) in [5, 5.41) is 1.08. The molecule has 2 amide bonds. The summed E-state index contributed by atoms with van der Waals surface area (Å²) >= 11 is 0. The highest BCUT2D eigenvalue weighted by Gasteiger charge is 2.27. The molecule has 5 nitrogen and oxygen atoms in total. The summed E-state index contributed by atoms with van der Waals surface area (Å²) < 4.78 is 0. The molecule has 0 saturated carbocycles. The molecule has 1 aromatic heterocycles. The van der Waals surface area contributed by atoms with Gasteiger partial charge in [0.25, 0.3) is 11.8 Å². The zero-order valence-corrected chi connectivity index (χ0v) is 15.7. The summed E-state index contributed by atoms with van der Waals surface area (Å²) in [6, 6.07) is 15.6. The van der Waals surface area contributed by atoms with Gasteiger partial charge >= 0.3 is 0 Å². The second-order valence-corrected chi connectivity index (χ2v) is 7.12. The SMILES string of the molecule is Cc1ccc(C(=O)N2CCN(C(=O)c3[nH]c4ccccc4c3C)CC2)cc1. The van der Waals surface area contributed by atoms with E-state index in [0.29, 0.717) is 37.4 Å². The van der Waals surface area contributed by atoms with Crippen molar-refractivity contribution in [3.8, 4) is 0 Å². The van der Waals surface area contributed by atoms with Crippen LogP contribution in [0.1, 0.15) is 32.0 Å². The molecule has 0 unspecified atom stereocenters. The lowest BCUT2D eigenvalue weighted by Gasteiger charge is -2.34. The van der Waals surface area contributed by atoms with E-state index in [2.05, 4.69) is 4.98 Å². The molecule has 2 aromatic carbocycles. The van der Waals surface area contributed by atoms with Crippen molar-refractivity contribution in [1.29, 1.82) is 0 Å². The zero-order valence-electron chi connectivity index (χ0n) is 15.7. The zero-order chi connectivity index (χ0) is 19.0. The van der Waals surface area contributed by atoms with E-state index in [1.54, 1.807) is 0 Å². The number of benzene rings is 2. The van der Waals surface area contributed by atoms with Crippen LogP contribution >= 0.6 is 0 Å². The number of nitrogens with one attached hydrogen (secondary N) is 1. The Morgan fingerprint density at radius 3 is 2.04 bits per heavy atom. The minimum absolute atomic E-state index is 0.00568. The van der Waals surface area contributed by atoms with E-state index in [0.717, 1.165) is 22.0 Å². The lowest BCUT2D eigenvalue weighted by Crippen LogP contribution is -2.50. The second kappa shape index (κ2) is 6.91. The molecule has 0 bridgehead atoms. The highest BCUT2D eigenvalue weighted by atomic mass is 16.2. The number of nitrogens with zero attached hydrogens (tertiary/aromatic N) is 2. The van der Waals surface area contributed by atoms with Gasteiger partial charge < -0.3 is 14.8 Å². The predicted molar refractivity (Wildman–Crippen MR) is 106 cm³/mol. The number of amides is 2. The van der Waals surface area contributed by atoms with Crippen LogP contribution in [0.5, 0.6) is 0 Å². The van der Waals surface area contributed by atoms with Crippen LogP contribution in [0.2, 0.25) is 0 Å². The van der Waals surface area contributed by atoms with Gasteiger partial charge in [-0.05, 0) is 37.6 Å². The number of aromatic amines is 1. The molecule has 5 heteroatoms. The minimum Gasteiger partial charge on any atom is -0.350 e. The van der Waals surface area contributed by atoms with Crippen LogP contribution in [0, 0.1) is 13.8 Å². The molecule has 1 N–H and O–H groups in total. The molecule has 0 spiro atoms. The normalized spacial score (nSPS) is 14.6. The van der Waals surface area contributed by atoms with Crippen LogP contribution < -0.4 is 0 Å². The fourth-order valence-corrected chi connectivity index (χ4v) is 3.65.